The molecule has 0 radical (unpaired) electrons. The van der Waals surface area contributed by atoms with E-state index in [1.807, 2.05) is 24.3 Å². The Bertz CT molecular complexity index is 1110. The SMILES string of the molecule is CCOC(Cc1ccc(OC/C=C2\c3ccccc3-c3c(C)cccc32)cc1)C(=O)O. The van der Waals surface area contributed by atoms with Crippen molar-refractivity contribution < 1.29 is 19.4 Å². The zero-order valence-electron chi connectivity index (χ0n) is 17.8. The van der Waals surface area contributed by atoms with Crippen LogP contribution in [0.15, 0.2) is 72.8 Å². The highest BCUT2D eigenvalue weighted by Crippen LogP contribution is 2.45. The van der Waals surface area contributed by atoms with Crippen LogP contribution < -0.4 is 4.74 Å². The molecule has 0 saturated carbocycles. The van der Waals surface area contributed by atoms with Crippen molar-refractivity contribution in [2.45, 2.75) is 26.4 Å². The lowest BCUT2D eigenvalue weighted by Gasteiger charge is -2.12. The molecule has 1 aliphatic carbocycles. The molecule has 0 fully saturated rings. The van der Waals surface area contributed by atoms with E-state index in [4.69, 9.17) is 9.47 Å². The largest absolute Gasteiger partial charge is 0.490 e. The van der Waals surface area contributed by atoms with Gasteiger partial charge < -0.3 is 14.6 Å². The quantitative estimate of drug-likeness (QED) is 0.413. The summed E-state index contributed by atoms with van der Waals surface area (Å²) in [4.78, 5) is 11.3. The van der Waals surface area contributed by atoms with E-state index in [0.717, 1.165) is 11.3 Å². The van der Waals surface area contributed by atoms with Crippen LogP contribution in [0.4, 0.5) is 0 Å². The Balaban J connectivity index is 1.47. The number of benzene rings is 3. The highest BCUT2D eigenvalue weighted by atomic mass is 16.5. The van der Waals surface area contributed by atoms with Gasteiger partial charge in [0.25, 0.3) is 0 Å². The van der Waals surface area contributed by atoms with Gasteiger partial charge in [-0.3, -0.25) is 0 Å². The van der Waals surface area contributed by atoms with Gasteiger partial charge in [0.2, 0.25) is 0 Å². The zero-order chi connectivity index (χ0) is 21.8. The van der Waals surface area contributed by atoms with E-state index < -0.39 is 12.1 Å². The third-order valence-electron chi connectivity index (χ3n) is 5.57. The molecule has 1 N–H and O–H groups in total. The molecular formula is C27H26O4. The van der Waals surface area contributed by atoms with Crippen LogP contribution in [-0.2, 0) is 16.0 Å². The van der Waals surface area contributed by atoms with Crippen molar-refractivity contribution in [2.24, 2.45) is 0 Å². The summed E-state index contributed by atoms with van der Waals surface area (Å²) >= 11 is 0. The number of carboxylic acids is 1. The Morgan fingerprint density at radius 3 is 2.39 bits per heavy atom. The summed E-state index contributed by atoms with van der Waals surface area (Å²) in [7, 11) is 0. The minimum absolute atomic E-state index is 0.334. The van der Waals surface area contributed by atoms with Gasteiger partial charge in [0.1, 0.15) is 12.4 Å². The van der Waals surface area contributed by atoms with Crippen LogP contribution in [0, 0.1) is 6.92 Å². The molecule has 0 aromatic heterocycles. The monoisotopic (exact) mass is 414 g/mol. The Hall–Kier alpha value is -3.37. The molecule has 4 rings (SSSR count). The molecule has 1 atom stereocenters. The van der Waals surface area contributed by atoms with Gasteiger partial charge >= 0.3 is 5.97 Å². The molecule has 3 aromatic rings. The fraction of sp³-hybridized carbons (Fsp3) is 0.222. The first-order valence-corrected chi connectivity index (χ1v) is 10.5. The molecule has 1 aliphatic rings. The first-order chi connectivity index (χ1) is 15.1. The van der Waals surface area contributed by atoms with Crippen LogP contribution in [-0.4, -0.2) is 30.4 Å². The summed E-state index contributed by atoms with van der Waals surface area (Å²) in [6, 6.07) is 22.4. The third-order valence-corrected chi connectivity index (χ3v) is 5.57. The molecule has 4 nitrogen and oxygen atoms in total. The van der Waals surface area contributed by atoms with Gasteiger partial charge in [-0.2, -0.15) is 0 Å². The second-order valence-corrected chi connectivity index (χ2v) is 7.60. The fourth-order valence-corrected chi connectivity index (χ4v) is 4.13. The number of aliphatic carboxylic acids is 1. The Morgan fingerprint density at radius 1 is 0.968 bits per heavy atom. The molecule has 158 valence electrons. The van der Waals surface area contributed by atoms with Crippen LogP contribution in [0.3, 0.4) is 0 Å². The first-order valence-electron chi connectivity index (χ1n) is 10.5. The maximum atomic E-state index is 11.3. The molecule has 0 bridgehead atoms. The van der Waals surface area contributed by atoms with E-state index in [1.165, 1.54) is 33.4 Å². The zero-order valence-corrected chi connectivity index (χ0v) is 17.8. The third kappa shape index (κ3) is 4.39. The number of carboxylic acid groups (broad SMARTS) is 1. The van der Waals surface area contributed by atoms with Crippen molar-refractivity contribution in [3.8, 4) is 16.9 Å². The van der Waals surface area contributed by atoms with Gasteiger partial charge in [-0.05, 0) is 71.0 Å². The molecule has 1 unspecified atom stereocenters. The number of hydrogen-bond donors (Lipinski definition) is 1. The van der Waals surface area contributed by atoms with Crippen LogP contribution in [0.25, 0.3) is 16.7 Å². The summed E-state index contributed by atoms with van der Waals surface area (Å²) in [5.74, 6) is -0.194. The predicted molar refractivity (Wildman–Crippen MR) is 122 cm³/mol. The number of hydrogen-bond acceptors (Lipinski definition) is 3. The molecule has 0 aliphatic heterocycles. The summed E-state index contributed by atoms with van der Waals surface area (Å²) in [6.45, 7) is 4.77. The lowest BCUT2D eigenvalue weighted by atomic mass is 10.0. The Kier molecular flexibility index (Phi) is 6.19. The normalized spacial score (nSPS) is 14.2. The highest BCUT2D eigenvalue weighted by molar-refractivity contribution is 6.02. The van der Waals surface area contributed by atoms with E-state index in [-0.39, 0.29) is 0 Å². The lowest BCUT2D eigenvalue weighted by Crippen LogP contribution is -2.26. The standard InChI is InChI=1S/C27H26O4/c1-3-30-25(27(28)29)17-19-11-13-20(14-12-19)31-16-15-22-21-8-4-5-9-23(21)26-18(2)7-6-10-24(22)26/h4-15,25H,3,16-17H2,1-2H3,(H,28,29)/b22-15+. The minimum atomic E-state index is -0.943. The fourth-order valence-electron chi connectivity index (χ4n) is 4.13. The second kappa shape index (κ2) is 9.19. The maximum Gasteiger partial charge on any atom is 0.333 e. The molecule has 0 spiro atoms. The van der Waals surface area contributed by atoms with Gasteiger partial charge in [0.15, 0.2) is 6.10 Å². The summed E-state index contributed by atoms with van der Waals surface area (Å²) in [5, 5.41) is 9.24. The van der Waals surface area contributed by atoms with E-state index in [0.29, 0.717) is 19.6 Å². The summed E-state index contributed by atoms with van der Waals surface area (Å²) in [5.41, 5.74) is 8.44. The lowest BCUT2D eigenvalue weighted by molar-refractivity contribution is -0.149. The van der Waals surface area contributed by atoms with E-state index in [1.54, 1.807) is 6.92 Å². The molecule has 0 saturated heterocycles. The van der Waals surface area contributed by atoms with E-state index >= 15 is 0 Å². The number of aryl methyl sites for hydroxylation is 1. The smallest absolute Gasteiger partial charge is 0.333 e. The number of ether oxygens (including phenoxy) is 2. The molecular weight excluding hydrogens is 388 g/mol. The van der Waals surface area contributed by atoms with E-state index in [9.17, 15) is 9.90 Å². The topological polar surface area (TPSA) is 55.8 Å². The van der Waals surface area contributed by atoms with Crippen LogP contribution in [0.1, 0.15) is 29.2 Å². The second-order valence-electron chi connectivity index (χ2n) is 7.60. The number of carbonyl (C=O) groups is 1. The first kappa shape index (κ1) is 20.9. The minimum Gasteiger partial charge on any atom is -0.490 e. The predicted octanol–water partition coefficient (Wildman–Crippen LogP) is 5.52. The maximum absolute atomic E-state index is 11.3. The van der Waals surface area contributed by atoms with Crippen molar-refractivity contribution in [1.82, 2.24) is 0 Å². The Morgan fingerprint density at radius 2 is 1.68 bits per heavy atom. The van der Waals surface area contributed by atoms with Crippen LogP contribution in [0.5, 0.6) is 5.75 Å². The van der Waals surface area contributed by atoms with Crippen molar-refractivity contribution in [2.75, 3.05) is 13.2 Å². The molecule has 4 heteroatoms. The molecule has 0 heterocycles. The highest BCUT2D eigenvalue weighted by Gasteiger charge is 2.24. The molecule has 31 heavy (non-hydrogen) atoms. The van der Waals surface area contributed by atoms with E-state index in [2.05, 4.69) is 55.5 Å². The van der Waals surface area contributed by atoms with Crippen molar-refractivity contribution in [1.29, 1.82) is 0 Å². The van der Waals surface area contributed by atoms with Gasteiger partial charge in [0, 0.05) is 13.0 Å². The average molecular weight is 415 g/mol. The van der Waals surface area contributed by atoms with Crippen LogP contribution >= 0.6 is 0 Å². The van der Waals surface area contributed by atoms with Crippen molar-refractivity contribution in [3.05, 3.63) is 95.1 Å². The van der Waals surface area contributed by atoms with Crippen LogP contribution in [0.2, 0.25) is 0 Å². The van der Waals surface area contributed by atoms with Crippen molar-refractivity contribution in [3.63, 3.8) is 0 Å². The Labute approximate surface area is 182 Å². The van der Waals surface area contributed by atoms with Gasteiger partial charge in [0.05, 0.1) is 0 Å². The van der Waals surface area contributed by atoms with Gasteiger partial charge in [-0.25, -0.2) is 4.79 Å². The average Bonchev–Trinajstić information content (AvgIpc) is 3.09. The van der Waals surface area contributed by atoms with Crippen molar-refractivity contribution >= 4 is 11.5 Å². The summed E-state index contributed by atoms with van der Waals surface area (Å²) < 4.78 is 11.2. The number of rotatable bonds is 8. The number of fused-ring (bicyclic) bond motifs is 3. The van der Waals surface area contributed by atoms with Gasteiger partial charge in [-0.1, -0.05) is 54.6 Å². The molecule has 0 amide bonds. The van der Waals surface area contributed by atoms with Gasteiger partial charge in [-0.15, -0.1) is 0 Å². The summed E-state index contributed by atoms with van der Waals surface area (Å²) in [6.07, 6.45) is 1.64. The molecule has 3 aromatic carbocycles.